The third kappa shape index (κ3) is 3.61. The molecule has 0 bridgehead atoms. The lowest BCUT2D eigenvalue weighted by Crippen LogP contribution is -2.36. The van der Waals surface area contributed by atoms with Gasteiger partial charge in [0.15, 0.2) is 0 Å². The lowest BCUT2D eigenvalue weighted by molar-refractivity contribution is -0.117. The summed E-state index contributed by atoms with van der Waals surface area (Å²) >= 11 is 0. The summed E-state index contributed by atoms with van der Waals surface area (Å²) in [7, 11) is 0. The second-order valence-electron chi connectivity index (χ2n) is 5.03. The number of benzene rings is 1. The van der Waals surface area contributed by atoms with E-state index in [1.165, 1.54) is 11.0 Å². The molecule has 1 amide bonds. The van der Waals surface area contributed by atoms with Gasteiger partial charge < -0.3 is 11.1 Å². The average Bonchev–Trinajstić information content (AvgIpc) is 2.92. The Bertz CT molecular complexity index is 549. The molecule has 0 aliphatic heterocycles. The predicted octanol–water partition coefficient (Wildman–Crippen LogP) is 0.974. The maximum atomic E-state index is 11.9. The van der Waals surface area contributed by atoms with E-state index in [1.807, 2.05) is 26.0 Å². The van der Waals surface area contributed by atoms with Crippen molar-refractivity contribution < 1.29 is 4.79 Å². The number of hydrogen-bond donors (Lipinski definition) is 2. The summed E-state index contributed by atoms with van der Waals surface area (Å²) in [5.74, 6) is 0.215. The molecule has 0 saturated heterocycles. The molecule has 20 heavy (non-hydrogen) atoms. The fraction of sp³-hybridized carbons (Fsp3) is 0.385. The largest absolute Gasteiger partial charge is 0.325 e. The molecule has 2 aromatic rings. The fourth-order valence-electron chi connectivity index (χ4n) is 1.83. The standard InChI is InChI=1S/C13H18N6O/c1-9(2)7-12(14)13(20)16-10-3-5-11(6-4-10)19-8-15-17-18-19/h3-6,8-9,12H,7,14H2,1-2H3,(H,16,20)/t12-/m1/s1. The van der Waals surface area contributed by atoms with Crippen molar-refractivity contribution in [2.24, 2.45) is 11.7 Å². The minimum Gasteiger partial charge on any atom is -0.325 e. The first kappa shape index (κ1) is 14.1. The molecule has 2 rings (SSSR count). The van der Waals surface area contributed by atoms with Crippen LogP contribution in [-0.4, -0.2) is 32.2 Å². The first-order chi connectivity index (χ1) is 9.56. The Morgan fingerprint density at radius 1 is 1.35 bits per heavy atom. The molecule has 0 aliphatic carbocycles. The second-order valence-corrected chi connectivity index (χ2v) is 5.03. The molecule has 106 valence electrons. The van der Waals surface area contributed by atoms with Crippen molar-refractivity contribution in [3.05, 3.63) is 30.6 Å². The molecule has 0 radical (unpaired) electrons. The molecule has 1 heterocycles. The number of nitrogens with zero attached hydrogens (tertiary/aromatic N) is 4. The molecule has 1 atom stereocenters. The molecular weight excluding hydrogens is 256 g/mol. The zero-order valence-corrected chi connectivity index (χ0v) is 11.5. The van der Waals surface area contributed by atoms with E-state index in [1.54, 1.807) is 12.1 Å². The number of nitrogens with two attached hydrogens (primary N) is 1. The fourth-order valence-corrected chi connectivity index (χ4v) is 1.83. The van der Waals surface area contributed by atoms with Crippen LogP contribution in [0.25, 0.3) is 5.69 Å². The smallest absolute Gasteiger partial charge is 0.241 e. The van der Waals surface area contributed by atoms with Gasteiger partial charge in [0, 0.05) is 5.69 Å². The van der Waals surface area contributed by atoms with Crippen molar-refractivity contribution in [3.63, 3.8) is 0 Å². The second kappa shape index (κ2) is 6.25. The summed E-state index contributed by atoms with van der Waals surface area (Å²) in [6.07, 6.45) is 2.17. The normalized spacial score (nSPS) is 12.4. The molecule has 7 heteroatoms. The lowest BCUT2D eigenvalue weighted by atomic mass is 10.0. The van der Waals surface area contributed by atoms with E-state index >= 15 is 0 Å². The van der Waals surface area contributed by atoms with Crippen molar-refractivity contribution in [1.82, 2.24) is 20.2 Å². The zero-order valence-electron chi connectivity index (χ0n) is 11.5. The van der Waals surface area contributed by atoms with Crippen LogP contribution in [-0.2, 0) is 4.79 Å². The molecule has 7 nitrogen and oxygen atoms in total. The van der Waals surface area contributed by atoms with Crippen LogP contribution in [0.2, 0.25) is 0 Å². The quantitative estimate of drug-likeness (QED) is 0.846. The number of aromatic nitrogens is 4. The van der Waals surface area contributed by atoms with Gasteiger partial charge in [0.2, 0.25) is 5.91 Å². The van der Waals surface area contributed by atoms with Crippen LogP contribution in [0.15, 0.2) is 30.6 Å². The van der Waals surface area contributed by atoms with E-state index in [4.69, 9.17) is 5.73 Å². The molecule has 0 aliphatic rings. The first-order valence-electron chi connectivity index (χ1n) is 6.46. The van der Waals surface area contributed by atoms with Gasteiger partial charge >= 0.3 is 0 Å². The summed E-state index contributed by atoms with van der Waals surface area (Å²) in [6.45, 7) is 4.07. The van der Waals surface area contributed by atoms with E-state index in [2.05, 4.69) is 20.8 Å². The van der Waals surface area contributed by atoms with Gasteiger partial charge in [0.25, 0.3) is 0 Å². The molecule has 0 saturated carbocycles. The summed E-state index contributed by atoms with van der Waals surface area (Å²) in [6, 6.07) is 6.72. The van der Waals surface area contributed by atoms with Gasteiger partial charge in [-0.2, -0.15) is 0 Å². The molecule has 3 N–H and O–H groups in total. The van der Waals surface area contributed by atoms with Crippen LogP contribution in [0.1, 0.15) is 20.3 Å². The molecule has 1 aromatic carbocycles. The van der Waals surface area contributed by atoms with Crippen molar-refractivity contribution in [1.29, 1.82) is 0 Å². The highest BCUT2D eigenvalue weighted by molar-refractivity contribution is 5.94. The van der Waals surface area contributed by atoms with Gasteiger partial charge in [-0.3, -0.25) is 4.79 Å². The van der Waals surface area contributed by atoms with Crippen molar-refractivity contribution in [2.45, 2.75) is 26.3 Å². The van der Waals surface area contributed by atoms with Crippen LogP contribution in [0.5, 0.6) is 0 Å². The predicted molar refractivity (Wildman–Crippen MR) is 75.2 cm³/mol. The Morgan fingerprint density at radius 3 is 2.60 bits per heavy atom. The first-order valence-corrected chi connectivity index (χ1v) is 6.46. The number of tetrazole rings is 1. The Morgan fingerprint density at radius 2 is 2.05 bits per heavy atom. The van der Waals surface area contributed by atoms with Gasteiger partial charge in [-0.25, -0.2) is 4.68 Å². The number of carbonyl (C=O) groups excluding carboxylic acids is 1. The summed E-state index contributed by atoms with van der Waals surface area (Å²) in [5.41, 5.74) is 7.35. The van der Waals surface area contributed by atoms with Crippen LogP contribution in [0.3, 0.4) is 0 Å². The number of carbonyl (C=O) groups is 1. The highest BCUT2D eigenvalue weighted by atomic mass is 16.2. The summed E-state index contributed by atoms with van der Waals surface area (Å²) in [4.78, 5) is 11.9. The van der Waals surface area contributed by atoms with E-state index in [-0.39, 0.29) is 5.91 Å². The highest BCUT2D eigenvalue weighted by Gasteiger charge is 2.14. The van der Waals surface area contributed by atoms with Gasteiger partial charge in [0.1, 0.15) is 6.33 Å². The monoisotopic (exact) mass is 274 g/mol. The number of nitrogens with one attached hydrogen (secondary N) is 1. The zero-order chi connectivity index (χ0) is 14.5. The maximum Gasteiger partial charge on any atom is 0.241 e. The Hall–Kier alpha value is -2.28. The maximum absolute atomic E-state index is 11.9. The SMILES string of the molecule is CC(C)C[C@@H](N)C(=O)Nc1ccc(-n2cnnn2)cc1. The summed E-state index contributed by atoms with van der Waals surface area (Å²) in [5, 5.41) is 13.7. The number of amides is 1. The topological polar surface area (TPSA) is 98.7 Å². The van der Waals surface area contributed by atoms with Crippen molar-refractivity contribution >= 4 is 11.6 Å². The Kier molecular flexibility index (Phi) is 4.41. The van der Waals surface area contributed by atoms with Gasteiger partial charge in [-0.05, 0) is 47.0 Å². The number of anilines is 1. The van der Waals surface area contributed by atoms with Gasteiger partial charge in [-0.15, -0.1) is 5.10 Å². The third-order valence-electron chi connectivity index (χ3n) is 2.81. The molecule has 1 aromatic heterocycles. The minimum absolute atomic E-state index is 0.172. The minimum atomic E-state index is -0.491. The van der Waals surface area contributed by atoms with E-state index in [9.17, 15) is 4.79 Å². The van der Waals surface area contributed by atoms with E-state index in [0.717, 1.165) is 5.69 Å². The van der Waals surface area contributed by atoms with Crippen LogP contribution in [0, 0.1) is 5.92 Å². The number of rotatable bonds is 5. The Balaban J connectivity index is 1.99. The van der Waals surface area contributed by atoms with Crippen LogP contribution >= 0.6 is 0 Å². The lowest BCUT2D eigenvalue weighted by Gasteiger charge is -2.14. The molecule has 0 unspecified atom stereocenters. The van der Waals surface area contributed by atoms with Gasteiger partial charge in [-0.1, -0.05) is 13.8 Å². The Labute approximate surface area is 117 Å². The average molecular weight is 274 g/mol. The number of hydrogen-bond acceptors (Lipinski definition) is 5. The highest BCUT2D eigenvalue weighted by Crippen LogP contribution is 2.13. The van der Waals surface area contributed by atoms with Gasteiger partial charge in [0.05, 0.1) is 11.7 Å². The van der Waals surface area contributed by atoms with E-state index in [0.29, 0.717) is 18.0 Å². The van der Waals surface area contributed by atoms with Crippen molar-refractivity contribution in [2.75, 3.05) is 5.32 Å². The summed E-state index contributed by atoms with van der Waals surface area (Å²) < 4.78 is 1.54. The van der Waals surface area contributed by atoms with Crippen LogP contribution in [0.4, 0.5) is 5.69 Å². The molecule has 0 fully saturated rings. The molecular formula is C13H18N6O. The molecule has 0 spiro atoms. The van der Waals surface area contributed by atoms with Crippen molar-refractivity contribution in [3.8, 4) is 5.69 Å². The van der Waals surface area contributed by atoms with E-state index < -0.39 is 6.04 Å². The third-order valence-corrected chi connectivity index (χ3v) is 2.81. The van der Waals surface area contributed by atoms with Crippen LogP contribution < -0.4 is 11.1 Å².